The lowest BCUT2D eigenvalue weighted by atomic mass is 10.1. The van der Waals surface area contributed by atoms with Crippen molar-refractivity contribution in [1.29, 1.82) is 0 Å². The number of hydrogen-bond donors (Lipinski definition) is 2. The third-order valence-corrected chi connectivity index (χ3v) is 4.80. The van der Waals surface area contributed by atoms with Crippen LogP contribution in [0.2, 0.25) is 0 Å². The Balaban J connectivity index is 1.60. The van der Waals surface area contributed by atoms with E-state index in [4.69, 9.17) is 0 Å². The average Bonchev–Trinajstić information content (AvgIpc) is 3.18. The first kappa shape index (κ1) is 17.6. The number of hydrogen-bond acceptors (Lipinski definition) is 6. The number of carbonyl (C=O) groups is 3. The van der Waals surface area contributed by atoms with Gasteiger partial charge in [-0.25, -0.2) is 4.98 Å². The molecule has 3 aromatic rings. The van der Waals surface area contributed by atoms with Crippen molar-refractivity contribution in [3.8, 4) is 0 Å². The minimum atomic E-state index is -1.08. The number of benzene rings is 1. The molecule has 2 aromatic heterocycles. The van der Waals surface area contributed by atoms with E-state index < -0.39 is 23.8 Å². The van der Waals surface area contributed by atoms with Gasteiger partial charge >= 0.3 is 0 Å². The highest BCUT2D eigenvalue weighted by molar-refractivity contribution is 6.23. The normalized spacial score (nSPS) is 14.5. The Bertz CT molecular complexity index is 1190. The van der Waals surface area contributed by atoms with Crippen LogP contribution in [0.25, 0.3) is 5.78 Å². The Morgan fingerprint density at radius 1 is 1.07 bits per heavy atom. The summed E-state index contributed by atoms with van der Waals surface area (Å²) in [5, 5.41) is 5.15. The van der Waals surface area contributed by atoms with Gasteiger partial charge in [0.1, 0.15) is 6.04 Å². The van der Waals surface area contributed by atoms with E-state index in [1.54, 1.807) is 38.1 Å². The molecule has 0 bridgehead atoms. The molecule has 0 aliphatic carbocycles. The SMILES string of the molecule is Cc1nc2nc(NC(=O)[C@H](C)N3C(=O)c4ccccc4C3=O)[nH]n2c(=O)c1C. The van der Waals surface area contributed by atoms with Crippen LogP contribution in [0.4, 0.5) is 5.95 Å². The molecule has 1 aromatic carbocycles. The highest BCUT2D eigenvalue weighted by atomic mass is 16.2. The summed E-state index contributed by atoms with van der Waals surface area (Å²) in [5.41, 5.74) is 1.19. The van der Waals surface area contributed by atoms with Crippen molar-refractivity contribution in [2.75, 3.05) is 5.32 Å². The number of H-pyrrole nitrogens is 1. The molecule has 0 unspecified atom stereocenters. The predicted molar refractivity (Wildman–Crippen MR) is 98.1 cm³/mol. The molecule has 0 saturated heterocycles. The van der Waals surface area contributed by atoms with Crippen LogP contribution in [0.3, 0.4) is 0 Å². The van der Waals surface area contributed by atoms with E-state index in [0.717, 1.165) is 9.42 Å². The fourth-order valence-electron chi connectivity index (χ4n) is 3.06. The number of amides is 3. The number of rotatable bonds is 3. The summed E-state index contributed by atoms with van der Waals surface area (Å²) >= 11 is 0. The van der Waals surface area contributed by atoms with Crippen LogP contribution >= 0.6 is 0 Å². The lowest BCUT2D eigenvalue weighted by molar-refractivity contribution is -0.119. The van der Waals surface area contributed by atoms with E-state index in [1.807, 2.05) is 0 Å². The smallest absolute Gasteiger partial charge is 0.277 e. The highest BCUT2D eigenvalue weighted by Gasteiger charge is 2.40. The largest absolute Gasteiger partial charge is 0.293 e. The zero-order chi connectivity index (χ0) is 20.2. The molecule has 4 rings (SSSR count). The summed E-state index contributed by atoms with van der Waals surface area (Å²) in [4.78, 5) is 59.1. The molecule has 10 nitrogen and oxygen atoms in total. The van der Waals surface area contributed by atoms with Gasteiger partial charge in [0.25, 0.3) is 23.2 Å². The molecule has 0 saturated carbocycles. The maximum Gasteiger partial charge on any atom is 0.277 e. The van der Waals surface area contributed by atoms with Crippen LogP contribution in [0.5, 0.6) is 0 Å². The minimum Gasteiger partial charge on any atom is -0.293 e. The van der Waals surface area contributed by atoms with Crippen molar-refractivity contribution in [3.63, 3.8) is 0 Å². The summed E-state index contributed by atoms with van der Waals surface area (Å²) in [6.07, 6.45) is 0. The molecule has 28 heavy (non-hydrogen) atoms. The zero-order valence-corrected chi connectivity index (χ0v) is 15.3. The van der Waals surface area contributed by atoms with Gasteiger partial charge in [-0.3, -0.25) is 34.5 Å². The number of carbonyl (C=O) groups excluding carboxylic acids is 3. The van der Waals surface area contributed by atoms with Gasteiger partial charge in [0.2, 0.25) is 11.9 Å². The summed E-state index contributed by atoms with van der Waals surface area (Å²) in [7, 11) is 0. The van der Waals surface area contributed by atoms with Crippen LogP contribution in [0.1, 0.15) is 38.9 Å². The number of imide groups is 1. The van der Waals surface area contributed by atoms with Crippen LogP contribution in [-0.2, 0) is 4.79 Å². The van der Waals surface area contributed by atoms with E-state index in [-0.39, 0.29) is 28.4 Å². The molecule has 1 aliphatic rings. The van der Waals surface area contributed by atoms with Crippen molar-refractivity contribution in [2.45, 2.75) is 26.8 Å². The van der Waals surface area contributed by atoms with E-state index in [1.165, 1.54) is 6.92 Å². The zero-order valence-electron chi connectivity index (χ0n) is 15.3. The third kappa shape index (κ3) is 2.49. The lowest BCUT2D eigenvalue weighted by Crippen LogP contribution is -2.45. The molecule has 10 heteroatoms. The summed E-state index contributed by atoms with van der Waals surface area (Å²) in [6, 6.07) is 5.32. The molecule has 3 amide bonds. The standard InChI is InChI=1S/C18H16N6O4/c1-8-9(2)19-18-21-17(22-24(18)14(8)26)20-13(25)10(3)23-15(27)11-6-4-5-7-12(11)16(23)28/h4-7,10H,1-3H3,(H2,19,20,21,22,25)/t10-/m0/s1. The first-order chi connectivity index (χ1) is 13.3. The predicted octanol–water partition coefficient (Wildman–Crippen LogP) is 0.658. The molecule has 1 aliphatic heterocycles. The Morgan fingerprint density at radius 3 is 2.29 bits per heavy atom. The fraction of sp³-hybridized carbons (Fsp3) is 0.222. The van der Waals surface area contributed by atoms with Crippen molar-refractivity contribution < 1.29 is 14.4 Å². The number of nitrogens with one attached hydrogen (secondary N) is 2. The van der Waals surface area contributed by atoms with Gasteiger partial charge in [-0.1, -0.05) is 12.1 Å². The number of nitrogens with zero attached hydrogens (tertiary/aromatic N) is 4. The first-order valence-electron chi connectivity index (χ1n) is 8.53. The van der Waals surface area contributed by atoms with Gasteiger partial charge in [0.05, 0.1) is 11.1 Å². The van der Waals surface area contributed by atoms with Gasteiger partial charge < -0.3 is 0 Å². The van der Waals surface area contributed by atoms with Crippen molar-refractivity contribution in [3.05, 3.63) is 57.0 Å². The van der Waals surface area contributed by atoms with Gasteiger partial charge in [-0.15, -0.1) is 0 Å². The lowest BCUT2D eigenvalue weighted by Gasteiger charge is -2.20. The van der Waals surface area contributed by atoms with Crippen molar-refractivity contribution in [1.82, 2.24) is 24.5 Å². The second-order valence-electron chi connectivity index (χ2n) is 6.53. The fourth-order valence-corrected chi connectivity index (χ4v) is 3.06. The molecule has 3 heterocycles. The third-order valence-electron chi connectivity index (χ3n) is 4.80. The molecule has 142 valence electrons. The molecular formula is C18H16N6O4. The Labute approximate surface area is 158 Å². The van der Waals surface area contributed by atoms with Crippen LogP contribution < -0.4 is 10.9 Å². The topological polar surface area (TPSA) is 130 Å². The van der Waals surface area contributed by atoms with E-state index in [0.29, 0.717) is 11.3 Å². The highest BCUT2D eigenvalue weighted by Crippen LogP contribution is 2.24. The number of aromatic nitrogens is 4. The van der Waals surface area contributed by atoms with Gasteiger partial charge in [-0.2, -0.15) is 9.50 Å². The second-order valence-corrected chi connectivity index (χ2v) is 6.53. The Kier molecular flexibility index (Phi) is 3.84. The average molecular weight is 380 g/mol. The molecule has 0 fully saturated rings. The van der Waals surface area contributed by atoms with Crippen LogP contribution in [0, 0.1) is 13.8 Å². The maximum atomic E-state index is 12.6. The number of aromatic amines is 1. The van der Waals surface area contributed by atoms with E-state index >= 15 is 0 Å². The number of fused-ring (bicyclic) bond motifs is 2. The molecule has 0 spiro atoms. The van der Waals surface area contributed by atoms with Crippen LogP contribution in [0.15, 0.2) is 29.1 Å². The van der Waals surface area contributed by atoms with Crippen molar-refractivity contribution >= 4 is 29.4 Å². The van der Waals surface area contributed by atoms with Crippen LogP contribution in [-0.4, -0.2) is 48.2 Å². The molecule has 1 atom stereocenters. The summed E-state index contributed by atoms with van der Waals surface area (Å²) in [5.74, 6) is -1.59. The minimum absolute atomic E-state index is 0.0111. The van der Waals surface area contributed by atoms with E-state index in [2.05, 4.69) is 20.4 Å². The molecule has 2 N–H and O–H groups in total. The summed E-state index contributed by atoms with van der Waals surface area (Å²) < 4.78 is 1.12. The van der Waals surface area contributed by atoms with Crippen molar-refractivity contribution in [2.24, 2.45) is 0 Å². The molecular weight excluding hydrogens is 364 g/mol. The van der Waals surface area contributed by atoms with Gasteiger partial charge in [-0.05, 0) is 32.9 Å². The summed E-state index contributed by atoms with van der Waals surface area (Å²) in [6.45, 7) is 4.77. The number of anilines is 1. The Morgan fingerprint density at radius 2 is 1.68 bits per heavy atom. The Hall–Kier alpha value is -3.82. The number of aryl methyl sites for hydroxylation is 1. The van der Waals surface area contributed by atoms with Gasteiger partial charge in [0, 0.05) is 11.3 Å². The monoisotopic (exact) mass is 380 g/mol. The molecule has 0 radical (unpaired) electrons. The van der Waals surface area contributed by atoms with E-state index in [9.17, 15) is 19.2 Å². The second kappa shape index (κ2) is 6.12. The van der Waals surface area contributed by atoms with Gasteiger partial charge in [0.15, 0.2) is 0 Å². The first-order valence-corrected chi connectivity index (χ1v) is 8.53. The quantitative estimate of drug-likeness (QED) is 0.642. The maximum absolute atomic E-state index is 12.6.